The first-order valence-electron chi connectivity index (χ1n) is 4.95. The number of thiocarbonyl (C=S) groups is 1. The van der Waals surface area contributed by atoms with Gasteiger partial charge in [-0.05, 0) is 25.6 Å². The minimum Gasteiger partial charge on any atom is -0.484 e. The van der Waals surface area contributed by atoms with Gasteiger partial charge in [-0.3, -0.25) is 0 Å². The van der Waals surface area contributed by atoms with Crippen LogP contribution in [0.15, 0.2) is 0 Å². The van der Waals surface area contributed by atoms with E-state index < -0.39 is 0 Å². The van der Waals surface area contributed by atoms with Gasteiger partial charge in [0.05, 0.1) is 6.61 Å². The highest BCUT2D eigenvalue weighted by molar-refractivity contribution is 7.80. The maximum absolute atomic E-state index is 5.49. The van der Waals surface area contributed by atoms with Crippen molar-refractivity contribution in [1.82, 2.24) is 0 Å². The summed E-state index contributed by atoms with van der Waals surface area (Å²) in [4.78, 5) is 0. The third-order valence-electron chi connectivity index (χ3n) is 1.73. The van der Waals surface area contributed by atoms with Crippen molar-refractivity contribution in [3.63, 3.8) is 0 Å². The van der Waals surface area contributed by atoms with Crippen LogP contribution in [0.4, 0.5) is 0 Å². The summed E-state index contributed by atoms with van der Waals surface area (Å²) in [5, 5.41) is 0.634. The van der Waals surface area contributed by atoms with Crippen molar-refractivity contribution >= 4 is 17.3 Å². The van der Waals surface area contributed by atoms with Gasteiger partial charge in [-0.25, -0.2) is 0 Å². The second-order valence-corrected chi connectivity index (χ2v) is 3.58. The van der Waals surface area contributed by atoms with E-state index in [2.05, 4.69) is 6.92 Å². The third-order valence-corrected chi connectivity index (χ3v) is 1.83. The van der Waals surface area contributed by atoms with E-state index in [-0.39, 0.29) is 6.10 Å². The summed E-state index contributed by atoms with van der Waals surface area (Å²) in [7, 11) is 0. The first-order chi connectivity index (χ1) is 6.20. The molecule has 0 amide bonds. The van der Waals surface area contributed by atoms with E-state index in [1.807, 2.05) is 13.8 Å². The number of hydrogen-bond donors (Lipinski definition) is 0. The molecule has 0 fully saturated rings. The molecule has 0 aliphatic rings. The van der Waals surface area contributed by atoms with E-state index in [0.717, 1.165) is 32.5 Å². The van der Waals surface area contributed by atoms with Gasteiger partial charge >= 0.3 is 0 Å². The third kappa shape index (κ3) is 8.19. The lowest BCUT2D eigenvalue weighted by molar-refractivity contribution is 0.0918. The second kappa shape index (κ2) is 8.45. The average molecular weight is 204 g/mol. The van der Waals surface area contributed by atoms with Crippen LogP contribution in [-0.2, 0) is 9.47 Å². The molecule has 0 saturated heterocycles. The Bertz CT molecular complexity index is 137. The summed E-state index contributed by atoms with van der Waals surface area (Å²) in [5.74, 6) is 0. The predicted molar refractivity (Wildman–Crippen MR) is 59.2 cm³/mol. The highest BCUT2D eigenvalue weighted by Gasteiger charge is 2.08. The monoisotopic (exact) mass is 204 g/mol. The summed E-state index contributed by atoms with van der Waals surface area (Å²) < 4.78 is 10.8. The Morgan fingerprint density at radius 1 is 1.31 bits per heavy atom. The minimum atomic E-state index is 0.244. The Morgan fingerprint density at radius 2 is 2.00 bits per heavy atom. The van der Waals surface area contributed by atoms with Gasteiger partial charge in [0.2, 0.25) is 0 Å². The topological polar surface area (TPSA) is 18.5 Å². The molecule has 0 bridgehead atoms. The summed E-state index contributed by atoms with van der Waals surface area (Å²) in [6.45, 7) is 7.51. The van der Waals surface area contributed by atoms with Crippen LogP contribution in [0, 0.1) is 0 Å². The smallest absolute Gasteiger partial charge is 0.157 e. The lowest BCUT2D eigenvalue weighted by atomic mass is 10.1. The first-order valence-corrected chi connectivity index (χ1v) is 5.36. The molecule has 0 N–H and O–H groups in total. The van der Waals surface area contributed by atoms with Gasteiger partial charge in [0.15, 0.2) is 5.05 Å². The standard InChI is InChI=1S/C10H20O2S/c1-4-6-10(12-9(3)13)7-8-11-5-2/h10H,4-8H2,1-3H3. The molecule has 0 aromatic heterocycles. The van der Waals surface area contributed by atoms with Gasteiger partial charge < -0.3 is 9.47 Å². The summed E-state index contributed by atoms with van der Waals surface area (Å²) in [6.07, 6.45) is 3.37. The van der Waals surface area contributed by atoms with Crippen LogP contribution in [-0.4, -0.2) is 24.4 Å². The van der Waals surface area contributed by atoms with Gasteiger partial charge in [-0.15, -0.1) is 0 Å². The summed E-state index contributed by atoms with van der Waals surface area (Å²) in [6, 6.07) is 0. The van der Waals surface area contributed by atoms with E-state index in [0.29, 0.717) is 5.05 Å². The van der Waals surface area contributed by atoms with Gasteiger partial charge in [-0.1, -0.05) is 13.3 Å². The quantitative estimate of drug-likeness (QED) is 0.469. The van der Waals surface area contributed by atoms with Gasteiger partial charge in [0, 0.05) is 20.0 Å². The molecule has 0 rings (SSSR count). The fraction of sp³-hybridized carbons (Fsp3) is 0.900. The molecule has 3 heteroatoms. The zero-order valence-corrected chi connectivity index (χ0v) is 9.65. The zero-order valence-electron chi connectivity index (χ0n) is 8.84. The summed E-state index contributed by atoms with van der Waals surface area (Å²) in [5.41, 5.74) is 0. The van der Waals surface area contributed by atoms with Gasteiger partial charge in [-0.2, -0.15) is 0 Å². The molecule has 0 heterocycles. The van der Waals surface area contributed by atoms with Crippen LogP contribution in [0.2, 0.25) is 0 Å². The lowest BCUT2D eigenvalue weighted by Gasteiger charge is -2.17. The number of ether oxygens (including phenoxy) is 2. The maximum atomic E-state index is 5.49. The molecule has 78 valence electrons. The fourth-order valence-electron chi connectivity index (χ4n) is 1.18. The van der Waals surface area contributed by atoms with Crippen LogP contribution in [0.5, 0.6) is 0 Å². The Kier molecular flexibility index (Phi) is 8.35. The fourth-order valence-corrected chi connectivity index (χ4v) is 1.31. The molecule has 0 aliphatic heterocycles. The molecule has 0 aliphatic carbocycles. The van der Waals surface area contributed by atoms with Crippen molar-refractivity contribution in [1.29, 1.82) is 0 Å². The van der Waals surface area contributed by atoms with Crippen molar-refractivity contribution in [3.8, 4) is 0 Å². The Hall–Kier alpha value is -0.150. The molecule has 13 heavy (non-hydrogen) atoms. The van der Waals surface area contributed by atoms with Crippen LogP contribution < -0.4 is 0 Å². The SMILES string of the molecule is CCCC(CCOCC)OC(C)=S. The molecular formula is C10H20O2S. The largest absolute Gasteiger partial charge is 0.484 e. The molecular weight excluding hydrogens is 184 g/mol. The van der Waals surface area contributed by atoms with E-state index in [9.17, 15) is 0 Å². The highest BCUT2D eigenvalue weighted by atomic mass is 32.1. The number of hydrogen-bond acceptors (Lipinski definition) is 3. The van der Waals surface area contributed by atoms with Crippen molar-refractivity contribution in [2.75, 3.05) is 13.2 Å². The van der Waals surface area contributed by atoms with Crippen LogP contribution in [0.25, 0.3) is 0 Å². The van der Waals surface area contributed by atoms with Crippen molar-refractivity contribution < 1.29 is 9.47 Å². The predicted octanol–water partition coefficient (Wildman–Crippen LogP) is 2.95. The Morgan fingerprint density at radius 3 is 2.46 bits per heavy atom. The minimum absolute atomic E-state index is 0.244. The van der Waals surface area contributed by atoms with E-state index in [4.69, 9.17) is 21.7 Å². The van der Waals surface area contributed by atoms with Crippen molar-refractivity contribution in [2.45, 2.75) is 46.1 Å². The first kappa shape index (κ1) is 12.8. The average Bonchev–Trinajstić information content (AvgIpc) is 2.04. The van der Waals surface area contributed by atoms with Crippen LogP contribution in [0.1, 0.15) is 40.0 Å². The molecule has 1 atom stereocenters. The van der Waals surface area contributed by atoms with Crippen LogP contribution in [0.3, 0.4) is 0 Å². The van der Waals surface area contributed by atoms with Crippen LogP contribution >= 0.6 is 12.2 Å². The van der Waals surface area contributed by atoms with Gasteiger partial charge in [0.25, 0.3) is 0 Å². The lowest BCUT2D eigenvalue weighted by Crippen LogP contribution is -2.17. The molecule has 0 radical (unpaired) electrons. The second-order valence-electron chi connectivity index (χ2n) is 3.01. The van der Waals surface area contributed by atoms with E-state index in [1.165, 1.54) is 0 Å². The summed E-state index contributed by atoms with van der Waals surface area (Å²) >= 11 is 4.90. The Balaban J connectivity index is 3.59. The zero-order chi connectivity index (χ0) is 10.1. The molecule has 0 saturated carbocycles. The highest BCUT2D eigenvalue weighted by Crippen LogP contribution is 2.07. The molecule has 0 spiro atoms. The Labute approximate surface area is 86.6 Å². The molecule has 1 unspecified atom stereocenters. The van der Waals surface area contributed by atoms with E-state index in [1.54, 1.807) is 0 Å². The normalized spacial score (nSPS) is 12.5. The van der Waals surface area contributed by atoms with Crippen molar-refractivity contribution in [2.24, 2.45) is 0 Å². The van der Waals surface area contributed by atoms with Crippen molar-refractivity contribution in [3.05, 3.63) is 0 Å². The molecule has 0 aromatic carbocycles. The molecule has 2 nitrogen and oxygen atoms in total. The van der Waals surface area contributed by atoms with Gasteiger partial charge in [0.1, 0.15) is 6.10 Å². The van der Waals surface area contributed by atoms with E-state index >= 15 is 0 Å². The number of rotatable bonds is 7. The maximum Gasteiger partial charge on any atom is 0.157 e. The molecule has 0 aromatic rings.